The summed E-state index contributed by atoms with van der Waals surface area (Å²) in [5.74, 6) is 3.07. The highest BCUT2D eigenvalue weighted by Crippen LogP contribution is 2.53. The molecule has 1 aromatic carbocycles. The number of ether oxygens (including phenoxy) is 1. The Morgan fingerprint density at radius 3 is 2.83 bits per heavy atom. The zero-order valence-electron chi connectivity index (χ0n) is 20.4. The minimum absolute atomic E-state index is 0.00586. The Hall–Kier alpha value is -3.39. The number of benzene rings is 1. The first-order valence-electron chi connectivity index (χ1n) is 12.5. The van der Waals surface area contributed by atoms with Crippen molar-refractivity contribution >= 4 is 28.0 Å². The summed E-state index contributed by atoms with van der Waals surface area (Å²) in [6, 6.07) is 9.97. The van der Waals surface area contributed by atoms with Gasteiger partial charge >= 0.3 is 0 Å². The molecular formula is C27H30N6O2. The molecule has 2 N–H and O–H groups in total. The fraction of sp³-hybridized carbons (Fsp3) is 0.444. The average Bonchev–Trinajstić information content (AvgIpc) is 3.59. The molecule has 0 radical (unpaired) electrons. The van der Waals surface area contributed by atoms with Crippen LogP contribution >= 0.6 is 0 Å². The van der Waals surface area contributed by atoms with E-state index >= 15 is 0 Å². The molecule has 4 heterocycles. The van der Waals surface area contributed by atoms with E-state index in [1.807, 2.05) is 36.3 Å². The van der Waals surface area contributed by atoms with Crippen molar-refractivity contribution in [2.75, 3.05) is 20.2 Å². The third kappa shape index (κ3) is 2.99. The molecule has 3 atom stereocenters. The number of amides is 1. The number of methoxy groups -OCH3 is 1. The van der Waals surface area contributed by atoms with Crippen LogP contribution in [0.4, 0.5) is 0 Å². The van der Waals surface area contributed by atoms with Gasteiger partial charge in [-0.1, -0.05) is 6.92 Å². The number of carbonyl (C=O) groups excluding carboxylic acids is 1. The van der Waals surface area contributed by atoms with Gasteiger partial charge < -0.3 is 24.5 Å². The number of imidazole rings is 1. The standard InChI is InChI=1S/C27H30N6O2/c1-15-19-13-32(14-27(15,19)28)26(34)18-9-20-23(22(11-18)35-3)31(2)25(30-20)21-10-17-5-4-8-29-24(17)33(21)12-16-6-7-16/h4-5,8-11,15-16,19H,6-7,12-14,28H2,1-3H3/t15?,19?,27-/m0/s1. The highest BCUT2D eigenvalue weighted by Gasteiger charge is 2.65. The number of piperidine rings is 1. The zero-order valence-corrected chi connectivity index (χ0v) is 20.4. The van der Waals surface area contributed by atoms with E-state index < -0.39 is 0 Å². The number of pyridine rings is 1. The van der Waals surface area contributed by atoms with Gasteiger partial charge in [-0.15, -0.1) is 0 Å². The lowest BCUT2D eigenvalue weighted by Gasteiger charge is -2.21. The SMILES string of the molecule is COc1cc(C(=O)N2CC3C(C)[C@@]3(N)C2)cc2nc(-c3cc4cccnc4n3CC3CC3)n(C)c12. The smallest absolute Gasteiger partial charge is 0.254 e. The Kier molecular flexibility index (Phi) is 4.23. The van der Waals surface area contributed by atoms with E-state index in [-0.39, 0.29) is 11.4 Å². The summed E-state index contributed by atoms with van der Waals surface area (Å²) in [6.07, 6.45) is 4.36. The van der Waals surface area contributed by atoms with Crippen molar-refractivity contribution in [3.05, 3.63) is 42.1 Å². The van der Waals surface area contributed by atoms with Gasteiger partial charge in [-0.25, -0.2) is 9.97 Å². The number of hydrogen-bond donors (Lipinski definition) is 1. The third-order valence-corrected chi connectivity index (χ3v) is 8.63. The Bertz CT molecular complexity index is 1520. The van der Waals surface area contributed by atoms with Crippen molar-refractivity contribution < 1.29 is 9.53 Å². The molecular weight excluding hydrogens is 440 g/mol. The van der Waals surface area contributed by atoms with Crippen LogP contribution in [0.2, 0.25) is 0 Å². The van der Waals surface area contributed by atoms with Gasteiger partial charge in [-0.3, -0.25) is 4.79 Å². The molecule has 1 saturated heterocycles. The van der Waals surface area contributed by atoms with Gasteiger partial charge in [0.25, 0.3) is 5.91 Å². The number of rotatable bonds is 5. The molecule has 180 valence electrons. The van der Waals surface area contributed by atoms with Crippen molar-refractivity contribution in [3.8, 4) is 17.3 Å². The number of fused-ring (bicyclic) bond motifs is 3. The zero-order chi connectivity index (χ0) is 24.1. The van der Waals surface area contributed by atoms with Crippen LogP contribution in [-0.4, -0.2) is 55.6 Å². The molecule has 1 amide bonds. The predicted molar refractivity (Wildman–Crippen MR) is 134 cm³/mol. The van der Waals surface area contributed by atoms with E-state index in [9.17, 15) is 4.79 Å². The molecule has 3 aliphatic rings. The molecule has 8 heteroatoms. The summed E-state index contributed by atoms with van der Waals surface area (Å²) in [7, 11) is 3.65. The summed E-state index contributed by atoms with van der Waals surface area (Å²) in [5, 5.41) is 1.11. The van der Waals surface area contributed by atoms with Gasteiger partial charge in [0.1, 0.15) is 16.9 Å². The van der Waals surface area contributed by atoms with E-state index in [1.165, 1.54) is 12.8 Å². The first-order chi connectivity index (χ1) is 16.9. The number of likely N-dealkylation sites (tertiary alicyclic amines) is 1. The molecule has 3 fully saturated rings. The number of carbonyl (C=O) groups is 1. The lowest BCUT2D eigenvalue weighted by atomic mass is 10.1. The van der Waals surface area contributed by atoms with E-state index in [1.54, 1.807) is 7.11 Å². The maximum Gasteiger partial charge on any atom is 0.254 e. The predicted octanol–water partition coefficient (Wildman–Crippen LogP) is 3.43. The first-order valence-corrected chi connectivity index (χ1v) is 12.5. The van der Waals surface area contributed by atoms with Crippen LogP contribution in [0.15, 0.2) is 36.5 Å². The highest BCUT2D eigenvalue weighted by atomic mass is 16.5. The number of hydrogen-bond acceptors (Lipinski definition) is 5. The maximum atomic E-state index is 13.4. The molecule has 2 unspecified atom stereocenters. The molecule has 2 saturated carbocycles. The molecule has 7 rings (SSSR count). The lowest BCUT2D eigenvalue weighted by molar-refractivity contribution is 0.0765. The second kappa shape index (κ2) is 7.07. The van der Waals surface area contributed by atoms with Crippen LogP contribution < -0.4 is 10.5 Å². The van der Waals surface area contributed by atoms with Crippen molar-refractivity contribution in [3.63, 3.8) is 0 Å². The van der Waals surface area contributed by atoms with Crippen molar-refractivity contribution in [2.24, 2.45) is 30.5 Å². The average molecular weight is 471 g/mol. The second-order valence-corrected chi connectivity index (χ2v) is 10.7. The summed E-state index contributed by atoms with van der Waals surface area (Å²) >= 11 is 0. The third-order valence-electron chi connectivity index (χ3n) is 8.63. The lowest BCUT2D eigenvalue weighted by Crippen LogP contribution is -2.39. The molecule has 8 nitrogen and oxygen atoms in total. The Morgan fingerprint density at radius 1 is 1.29 bits per heavy atom. The van der Waals surface area contributed by atoms with E-state index in [2.05, 4.69) is 33.2 Å². The highest BCUT2D eigenvalue weighted by molar-refractivity contribution is 6.00. The van der Waals surface area contributed by atoms with Crippen LogP contribution in [0.3, 0.4) is 0 Å². The van der Waals surface area contributed by atoms with Gasteiger partial charge in [0.05, 0.1) is 18.3 Å². The number of nitrogens with two attached hydrogens (primary N) is 1. The molecule has 2 aliphatic carbocycles. The van der Waals surface area contributed by atoms with Gasteiger partial charge in [0.15, 0.2) is 5.82 Å². The van der Waals surface area contributed by atoms with Gasteiger partial charge in [-0.05, 0) is 55.0 Å². The number of aryl methyl sites for hydroxylation is 1. The van der Waals surface area contributed by atoms with E-state index in [0.717, 1.165) is 46.7 Å². The van der Waals surface area contributed by atoms with Crippen LogP contribution in [0.1, 0.15) is 30.1 Å². The van der Waals surface area contributed by atoms with E-state index in [0.29, 0.717) is 35.6 Å². The van der Waals surface area contributed by atoms with Crippen LogP contribution in [0.25, 0.3) is 33.6 Å². The van der Waals surface area contributed by atoms with Crippen LogP contribution in [0.5, 0.6) is 5.75 Å². The van der Waals surface area contributed by atoms with Crippen LogP contribution in [-0.2, 0) is 13.6 Å². The normalized spacial score (nSPS) is 25.4. The molecule has 0 bridgehead atoms. The summed E-state index contributed by atoms with van der Waals surface area (Å²) in [4.78, 5) is 25.0. The molecule has 35 heavy (non-hydrogen) atoms. The Morgan fingerprint density at radius 2 is 2.11 bits per heavy atom. The van der Waals surface area contributed by atoms with Crippen LogP contribution in [0, 0.1) is 17.8 Å². The Labute approximate surface area is 203 Å². The molecule has 4 aromatic rings. The van der Waals surface area contributed by atoms with Gasteiger partial charge in [-0.2, -0.15) is 0 Å². The van der Waals surface area contributed by atoms with Crippen molar-refractivity contribution in [2.45, 2.75) is 31.8 Å². The minimum atomic E-state index is -0.217. The topological polar surface area (TPSA) is 91.2 Å². The quantitative estimate of drug-likeness (QED) is 0.483. The van der Waals surface area contributed by atoms with Gasteiger partial charge in [0.2, 0.25) is 0 Å². The van der Waals surface area contributed by atoms with Gasteiger partial charge in [0, 0.05) is 55.3 Å². The molecule has 1 aliphatic heterocycles. The summed E-state index contributed by atoms with van der Waals surface area (Å²) < 4.78 is 10.1. The maximum absolute atomic E-state index is 13.4. The summed E-state index contributed by atoms with van der Waals surface area (Å²) in [5.41, 5.74) is 10.5. The van der Waals surface area contributed by atoms with Crippen molar-refractivity contribution in [1.82, 2.24) is 24.0 Å². The first kappa shape index (κ1) is 20.9. The fourth-order valence-corrected chi connectivity index (χ4v) is 6.15. The van der Waals surface area contributed by atoms with E-state index in [4.69, 9.17) is 15.5 Å². The largest absolute Gasteiger partial charge is 0.494 e. The fourth-order valence-electron chi connectivity index (χ4n) is 6.15. The number of nitrogens with zero attached hydrogens (tertiary/aromatic N) is 5. The second-order valence-electron chi connectivity index (χ2n) is 10.7. The van der Waals surface area contributed by atoms with Crippen molar-refractivity contribution in [1.29, 1.82) is 0 Å². The summed E-state index contributed by atoms with van der Waals surface area (Å²) in [6.45, 7) is 4.45. The monoisotopic (exact) mass is 470 g/mol. The molecule has 0 spiro atoms. The molecule has 3 aromatic heterocycles. The minimum Gasteiger partial charge on any atom is -0.494 e. The number of aromatic nitrogens is 4. The Balaban J connectivity index is 1.33.